The van der Waals surface area contributed by atoms with Gasteiger partial charge >= 0.3 is 0 Å². The van der Waals surface area contributed by atoms with E-state index in [9.17, 15) is 0 Å². The molecule has 0 bridgehead atoms. The highest BCUT2D eigenvalue weighted by atomic mass is 35.5. The first-order valence-electron chi connectivity index (χ1n) is 5.64. The molecule has 0 fully saturated rings. The van der Waals surface area contributed by atoms with Gasteiger partial charge in [-0.25, -0.2) is 9.97 Å². The molecule has 0 spiro atoms. The molecular formula is C13H12Cl2N2OS. The second-order valence-electron chi connectivity index (χ2n) is 3.81. The summed E-state index contributed by atoms with van der Waals surface area (Å²) in [6.45, 7) is 2.49. The van der Waals surface area contributed by atoms with Crippen LogP contribution in [0.15, 0.2) is 35.7 Å². The Kier molecular flexibility index (Phi) is 5.31. The molecule has 0 atom stereocenters. The van der Waals surface area contributed by atoms with Crippen LogP contribution in [0.3, 0.4) is 0 Å². The van der Waals surface area contributed by atoms with Crippen molar-refractivity contribution < 1.29 is 4.74 Å². The Morgan fingerprint density at radius 3 is 2.63 bits per heavy atom. The number of benzene rings is 1. The minimum atomic E-state index is 0.518. The van der Waals surface area contributed by atoms with Crippen molar-refractivity contribution in [3.8, 4) is 5.75 Å². The number of hydrogen-bond acceptors (Lipinski definition) is 4. The highest BCUT2D eigenvalue weighted by molar-refractivity contribution is 7.99. The van der Waals surface area contributed by atoms with Crippen molar-refractivity contribution in [3.63, 3.8) is 0 Å². The summed E-state index contributed by atoms with van der Waals surface area (Å²) in [6.07, 6.45) is 3.60. The molecule has 6 heteroatoms. The van der Waals surface area contributed by atoms with Crippen molar-refractivity contribution in [2.45, 2.75) is 12.1 Å². The van der Waals surface area contributed by atoms with Crippen molar-refractivity contribution in [1.82, 2.24) is 9.97 Å². The van der Waals surface area contributed by atoms with E-state index < -0.39 is 0 Å². The summed E-state index contributed by atoms with van der Waals surface area (Å²) in [5.74, 6) is 1.39. The standard InChI is InChI=1S/C13H12Cl2N2OS/c1-9-7-16-13(17-8-9)19-5-4-18-12-3-2-10(14)6-11(12)15/h2-3,6-8H,4-5H2,1H3. The lowest BCUT2D eigenvalue weighted by molar-refractivity contribution is 0.344. The van der Waals surface area contributed by atoms with Crippen LogP contribution in [0, 0.1) is 6.92 Å². The van der Waals surface area contributed by atoms with E-state index in [1.54, 1.807) is 42.4 Å². The van der Waals surface area contributed by atoms with Gasteiger partial charge in [0.2, 0.25) is 0 Å². The van der Waals surface area contributed by atoms with Crippen molar-refractivity contribution in [1.29, 1.82) is 0 Å². The number of thioether (sulfide) groups is 1. The van der Waals surface area contributed by atoms with Crippen LogP contribution in [0.5, 0.6) is 5.75 Å². The number of ether oxygens (including phenoxy) is 1. The molecular weight excluding hydrogens is 303 g/mol. The molecule has 0 aliphatic heterocycles. The van der Waals surface area contributed by atoms with Gasteiger partial charge < -0.3 is 4.74 Å². The molecule has 0 N–H and O–H groups in total. The van der Waals surface area contributed by atoms with Crippen molar-refractivity contribution >= 4 is 35.0 Å². The van der Waals surface area contributed by atoms with Crippen molar-refractivity contribution in [2.24, 2.45) is 0 Å². The van der Waals surface area contributed by atoms with Gasteiger partial charge in [-0.05, 0) is 30.7 Å². The minimum absolute atomic E-state index is 0.518. The summed E-state index contributed by atoms with van der Waals surface area (Å²) < 4.78 is 5.57. The van der Waals surface area contributed by atoms with E-state index in [0.717, 1.165) is 16.5 Å². The molecule has 0 radical (unpaired) electrons. The third kappa shape index (κ3) is 4.56. The molecule has 2 rings (SSSR count). The van der Waals surface area contributed by atoms with E-state index >= 15 is 0 Å². The quantitative estimate of drug-likeness (QED) is 0.469. The molecule has 2 aromatic rings. The molecule has 1 aromatic carbocycles. The lowest BCUT2D eigenvalue weighted by atomic mass is 10.3. The maximum absolute atomic E-state index is 6.00. The summed E-state index contributed by atoms with van der Waals surface area (Å²) in [6, 6.07) is 5.17. The summed E-state index contributed by atoms with van der Waals surface area (Å²) >= 11 is 13.4. The molecule has 0 unspecified atom stereocenters. The minimum Gasteiger partial charge on any atom is -0.491 e. The van der Waals surface area contributed by atoms with Gasteiger partial charge in [-0.15, -0.1) is 0 Å². The van der Waals surface area contributed by atoms with Gasteiger partial charge in [-0.1, -0.05) is 35.0 Å². The van der Waals surface area contributed by atoms with Gasteiger partial charge in [0.15, 0.2) is 5.16 Å². The van der Waals surface area contributed by atoms with Gasteiger partial charge in [-0.3, -0.25) is 0 Å². The highest BCUT2D eigenvalue weighted by Crippen LogP contribution is 2.27. The Hall–Kier alpha value is -0.970. The Morgan fingerprint density at radius 2 is 1.95 bits per heavy atom. The summed E-state index contributed by atoms with van der Waals surface area (Å²) in [5.41, 5.74) is 1.05. The van der Waals surface area contributed by atoms with Crippen LogP contribution in [-0.4, -0.2) is 22.3 Å². The Labute approximate surface area is 126 Å². The van der Waals surface area contributed by atoms with Crippen molar-refractivity contribution in [2.75, 3.05) is 12.4 Å². The fourth-order valence-corrected chi connectivity index (χ4v) is 2.40. The second-order valence-corrected chi connectivity index (χ2v) is 5.72. The second kappa shape index (κ2) is 6.98. The lowest BCUT2D eigenvalue weighted by Crippen LogP contribution is -2.01. The predicted molar refractivity (Wildman–Crippen MR) is 79.5 cm³/mol. The smallest absolute Gasteiger partial charge is 0.187 e. The average molecular weight is 315 g/mol. The maximum atomic E-state index is 6.00. The molecule has 3 nitrogen and oxygen atoms in total. The van der Waals surface area contributed by atoms with E-state index in [0.29, 0.717) is 22.4 Å². The van der Waals surface area contributed by atoms with Crippen LogP contribution in [0.4, 0.5) is 0 Å². The number of rotatable bonds is 5. The Morgan fingerprint density at radius 1 is 1.21 bits per heavy atom. The van der Waals surface area contributed by atoms with Gasteiger partial charge in [0.05, 0.1) is 11.6 Å². The summed E-state index contributed by atoms with van der Waals surface area (Å²) in [7, 11) is 0. The van der Waals surface area contributed by atoms with E-state index in [1.807, 2.05) is 6.92 Å². The van der Waals surface area contributed by atoms with Crippen LogP contribution in [-0.2, 0) is 0 Å². The predicted octanol–water partition coefficient (Wildman–Crippen LogP) is 4.26. The first-order chi connectivity index (χ1) is 9.15. The Balaban J connectivity index is 1.79. The zero-order chi connectivity index (χ0) is 13.7. The maximum Gasteiger partial charge on any atom is 0.187 e. The fourth-order valence-electron chi connectivity index (χ4n) is 1.33. The first-order valence-corrected chi connectivity index (χ1v) is 7.38. The molecule has 0 aliphatic rings. The lowest BCUT2D eigenvalue weighted by Gasteiger charge is -2.07. The molecule has 1 heterocycles. The van der Waals surface area contributed by atoms with Gasteiger partial charge in [-0.2, -0.15) is 0 Å². The Bertz CT molecular complexity index is 549. The molecule has 0 aliphatic carbocycles. The average Bonchev–Trinajstić information content (AvgIpc) is 2.39. The fraction of sp³-hybridized carbons (Fsp3) is 0.231. The largest absolute Gasteiger partial charge is 0.491 e. The van der Waals surface area contributed by atoms with Gasteiger partial charge in [0, 0.05) is 23.2 Å². The molecule has 1 aromatic heterocycles. The van der Waals surface area contributed by atoms with Crippen LogP contribution in [0.25, 0.3) is 0 Å². The summed E-state index contributed by atoms with van der Waals surface area (Å²) in [4.78, 5) is 8.41. The van der Waals surface area contributed by atoms with Gasteiger partial charge in [0.25, 0.3) is 0 Å². The molecule has 0 saturated carbocycles. The van der Waals surface area contributed by atoms with Gasteiger partial charge in [0.1, 0.15) is 5.75 Å². The number of halogens is 2. The zero-order valence-corrected chi connectivity index (χ0v) is 12.6. The molecule has 0 saturated heterocycles. The highest BCUT2D eigenvalue weighted by Gasteiger charge is 2.03. The molecule has 0 amide bonds. The first kappa shape index (κ1) is 14.4. The van der Waals surface area contributed by atoms with Crippen LogP contribution < -0.4 is 4.74 Å². The third-order valence-electron chi connectivity index (χ3n) is 2.22. The topological polar surface area (TPSA) is 35.0 Å². The number of aryl methyl sites for hydroxylation is 1. The van der Waals surface area contributed by atoms with Crippen molar-refractivity contribution in [3.05, 3.63) is 46.2 Å². The number of nitrogens with zero attached hydrogens (tertiary/aromatic N) is 2. The third-order valence-corrected chi connectivity index (χ3v) is 3.59. The van der Waals surface area contributed by atoms with E-state index in [-0.39, 0.29) is 0 Å². The van der Waals surface area contributed by atoms with E-state index in [2.05, 4.69) is 9.97 Å². The molecule has 19 heavy (non-hydrogen) atoms. The normalized spacial score (nSPS) is 10.5. The van der Waals surface area contributed by atoms with E-state index in [4.69, 9.17) is 27.9 Å². The van der Waals surface area contributed by atoms with Crippen LogP contribution in [0.2, 0.25) is 10.0 Å². The monoisotopic (exact) mass is 314 g/mol. The van der Waals surface area contributed by atoms with Crippen LogP contribution >= 0.6 is 35.0 Å². The van der Waals surface area contributed by atoms with E-state index in [1.165, 1.54) is 0 Å². The SMILES string of the molecule is Cc1cnc(SCCOc2ccc(Cl)cc2Cl)nc1. The summed E-state index contributed by atoms with van der Waals surface area (Å²) in [5, 5.41) is 1.86. The van der Waals surface area contributed by atoms with Crippen LogP contribution in [0.1, 0.15) is 5.56 Å². The number of hydrogen-bond donors (Lipinski definition) is 0. The molecule has 100 valence electrons. The zero-order valence-electron chi connectivity index (χ0n) is 10.3. The number of aromatic nitrogens is 2.